The molecular formula is C17H27ClN2. The van der Waals surface area contributed by atoms with Crippen LogP contribution in [0, 0.1) is 0 Å². The molecule has 3 heteroatoms. The van der Waals surface area contributed by atoms with Gasteiger partial charge in [-0.15, -0.1) is 0 Å². The molecule has 1 saturated carbocycles. The van der Waals surface area contributed by atoms with E-state index in [1.54, 1.807) is 0 Å². The smallest absolute Gasteiger partial charge is 0.0453 e. The largest absolute Gasteiger partial charge is 0.313 e. The average molecular weight is 295 g/mol. The fourth-order valence-electron chi connectivity index (χ4n) is 2.79. The van der Waals surface area contributed by atoms with E-state index >= 15 is 0 Å². The van der Waals surface area contributed by atoms with E-state index < -0.39 is 0 Å². The zero-order chi connectivity index (χ0) is 14.4. The minimum absolute atomic E-state index is 0.353. The van der Waals surface area contributed by atoms with Crippen LogP contribution >= 0.6 is 11.6 Å². The Morgan fingerprint density at radius 2 is 2.05 bits per heavy atom. The molecule has 1 fully saturated rings. The van der Waals surface area contributed by atoms with Crippen LogP contribution in [-0.4, -0.2) is 31.1 Å². The number of rotatable bonds is 9. The first-order chi connectivity index (χ1) is 9.76. The number of hydrogen-bond acceptors (Lipinski definition) is 2. The third kappa shape index (κ3) is 4.47. The SMILES string of the molecule is CCCCN(CCC(NC)c1ccccc1Cl)C1CC1. The minimum Gasteiger partial charge on any atom is -0.313 e. The fraction of sp³-hybridized carbons (Fsp3) is 0.647. The summed E-state index contributed by atoms with van der Waals surface area (Å²) >= 11 is 6.32. The number of unbranched alkanes of at least 4 members (excludes halogenated alkanes) is 1. The van der Waals surface area contributed by atoms with Crippen LogP contribution in [0.15, 0.2) is 24.3 Å². The van der Waals surface area contributed by atoms with Crippen LogP contribution in [0.2, 0.25) is 5.02 Å². The summed E-state index contributed by atoms with van der Waals surface area (Å²) in [6, 6.07) is 9.39. The van der Waals surface area contributed by atoms with E-state index in [0.717, 1.165) is 17.5 Å². The second kappa shape index (κ2) is 8.02. The van der Waals surface area contributed by atoms with Gasteiger partial charge in [0.25, 0.3) is 0 Å². The van der Waals surface area contributed by atoms with Crippen LogP contribution < -0.4 is 5.32 Å². The molecular weight excluding hydrogens is 268 g/mol. The van der Waals surface area contributed by atoms with Crippen molar-refractivity contribution in [1.29, 1.82) is 0 Å². The Morgan fingerprint density at radius 1 is 1.30 bits per heavy atom. The highest BCUT2D eigenvalue weighted by Crippen LogP contribution is 2.29. The highest BCUT2D eigenvalue weighted by atomic mass is 35.5. The third-order valence-corrected chi connectivity index (χ3v) is 4.54. The van der Waals surface area contributed by atoms with Crippen LogP contribution in [0.4, 0.5) is 0 Å². The number of halogens is 1. The molecule has 0 spiro atoms. The monoisotopic (exact) mass is 294 g/mol. The zero-order valence-corrected chi connectivity index (χ0v) is 13.5. The summed E-state index contributed by atoms with van der Waals surface area (Å²) in [7, 11) is 2.03. The van der Waals surface area contributed by atoms with Crippen molar-refractivity contribution in [3.63, 3.8) is 0 Å². The molecule has 0 aliphatic heterocycles. The molecule has 0 aromatic heterocycles. The molecule has 2 rings (SSSR count). The molecule has 1 aromatic rings. The molecule has 1 aromatic carbocycles. The molecule has 2 nitrogen and oxygen atoms in total. The normalized spacial score (nSPS) is 16.6. The Kier molecular flexibility index (Phi) is 6.34. The number of hydrogen-bond donors (Lipinski definition) is 1. The molecule has 0 amide bonds. The van der Waals surface area contributed by atoms with E-state index in [-0.39, 0.29) is 0 Å². The number of benzene rings is 1. The van der Waals surface area contributed by atoms with Crippen LogP contribution in [0.25, 0.3) is 0 Å². The first-order valence-electron chi connectivity index (χ1n) is 7.92. The van der Waals surface area contributed by atoms with Crippen LogP contribution in [0.5, 0.6) is 0 Å². The van der Waals surface area contributed by atoms with Crippen molar-refractivity contribution in [2.24, 2.45) is 0 Å². The Hall–Kier alpha value is -0.570. The maximum Gasteiger partial charge on any atom is 0.0453 e. The summed E-state index contributed by atoms with van der Waals surface area (Å²) in [5.74, 6) is 0. The predicted molar refractivity (Wildman–Crippen MR) is 87.4 cm³/mol. The maximum atomic E-state index is 6.32. The van der Waals surface area contributed by atoms with Crippen LogP contribution in [-0.2, 0) is 0 Å². The summed E-state index contributed by atoms with van der Waals surface area (Å²) in [6.07, 6.45) is 6.50. The summed E-state index contributed by atoms with van der Waals surface area (Å²) in [6.45, 7) is 4.69. The van der Waals surface area contributed by atoms with Crippen molar-refractivity contribution in [2.45, 2.75) is 51.1 Å². The molecule has 0 saturated heterocycles. The van der Waals surface area contributed by atoms with E-state index in [1.807, 2.05) is 19.2 Å². The zero-order valence-electron chi connectivity index (χ0n) is 12.7. The number of nitrogens with one attached hydrogen (secondary N) is 1. The molecule has 0 radical (unpaired) electrons. The van der Waals surface area contributed by atoms with Gasteiger partial charge in [0.2, 0.25) is 0 Å². The Labute approximate surface area is 128 Å². The second-order valence-electron chi connectivity index (χ2n) is 5.77. The van der Waals surface area contributed by atoms with Gasteiger partial charge < -0.3 is 10.2 Å². The first-order valence-corrected chi connectivity index (χ1v) is 8.29. The standard InChI is InChI=1S/C17H27ClN2/c1-3-4-12-20(14-9-10-14)13-11-17(19-2)15-7-5-6-8-16(15)18/h5-8,14,17,19H,3-4,9-13H2,1-2H3. The van der Waals surface area contributed by atoms with Crippen LogP contribution in [0.3, 0.4) is 0 Å². The van der Waals surface area contributed by atoms with Gasteiger partial charge in [-0.25, -0.2) is 0 Å². The van der Waals surface area contributed by atoms with E-state index in [0.29, 0.717) is 6.04 Å². The summed E-state index contributed by atoms with van der Waals surface area (Å²) in [4.78, 5) is 2.67. The molecule has 1 aliphatic rings. The van der Waals surface area contributed by atoms with Crippen molar-refractivity contribution in [2.75, 3.05) is 20.1 Å². The molecule has 1 atom stereocenters. The lowest BCUT2D eigenvalue weighted by atomic mass is 10.0. The van der Waals surface area contributed by atoms with Gasteiger partial charge in [-0.05, 0) is 50.9 Å². The second-order valence-corrected chi connectivity index (χ2v) is 6.18. The Bertz CT molecular complexity index is 404. The van der Waals surface area contributed by atoms with E-state index in [4.69, 9.17) is 11.6 Å². The topological polar surface area (TPSA) is 15.3 Å². The van der Waals surface area contributed by atoms with E-state index in [1.165, 1.54) is 44.3 Å². The van der Waals surface area contributed by atoms with Gasteiger partial charge in [0, 0.05) is 23.7 Å². The summed E-state index contributed by atoms with van der Waals surface area (Å²) < 4.78 is 0. The molecule has 0 heterocycles. The molecule has 112 valence electrons. The van der Waals surface area contributed by atoms with Gasteiger partial charge in [-0.3, -0.25) is 0 Å². The van der Waals surface area contributed by atoms with Gasteiger partial charge >= 0.3 is 0 Å². The first kappa shape index (κ1) is 15.8. The average Bonchev–Trinajstić information content (AvgIpc) is 3.29. The Morgan fingerprint density at radius 3 is 2.65 bits per heavy atom. The highest BCUT2D eigenvalue weighted by Gasteiger charge is 2.28. The fourth-order valence-corrected chi connectivity index (χ4v) is 3.05. The van der Waals surface area contributed by atoms with Gasteiger partial charge in [0.1, 0.15) is 0 Å². The molecule has 1 unspecified atom stereocenters. The van der Waals surface area contributed by atoms with Crippen LogP contribution in [0.1, 0.15) is 50.6 Å². The minimum atomic E-state index is 0.353. The van der Waals surface area contributed by atoms with Gasteiger partial charge in [-0.2, -0.15) is 0 Å². The van der Waals surface area contributed by atoms with E-state index in [9.17, 15) is 0 Å². The summed E-state index contributed by atoms with van der Waals surface area (Å²) in [5, 5.41) is 4.29. The van der Waals surface area contributed by atoms with E-state index in [2.05, 4.69) is 29.3 Å². The van der Waals surface area contributed by atoms with Crippen molar-refractivity contribution >= 4 is 11.6 Å². The maximum absolute atomic E-state index is 6.32. The molecule has 20 heavy (non-hydrogen) atoms. The van der Waals surface area contributed by atoms with Gasteiger partial charge in [0.15, 0.2) is 0 Å². The molecule has 1 aliphatic carbocycles. The van der Waals surface area contributed by atoms with Crippen molar-refractivity contribution in [3.8, 4) is 0 Å². The lowest BCUT2D eigenvalue weighted by Crippen LogP contribution is -2.31. The lowest BCUT2D eigenvalue weighted by Gasteiger charge is -2.25. The van der Waals surface area contributed by atoms with Crippen molar-refractivity contribution < 1.29 is 0 Å². The quantitative estimate of drug-likeness (QED) is 0.732. The highest BCUT2D eigenvalue weighted by molar-refractivity contribution is 6.31. The lowest BCUT2D eigenvalue weighted by molar-refractivity contribution is 0.245. The van der Waals surface area contributed by atoms with Gasteiger partial charge in [-0.1, -0.05) is 43.1 Å². The molecule has 1 N–H and O–H groups in total. The van der Waals surface area contributed by atoms with Gasteiger partial charge in [0.05, 0.1) is 0 Å². The predicted octanol–water partition coefficient (Wildman–Crippen LogP) is 4.26. The van der Waals surface area contributed by atoms with Crippen molar-refractivity contribution in [3.05, 3.63) is 34.9 Å². The Balaban J connectivity index is 1.90. The van der Waals surface area contributed by atoms with Crippen molar-refractivity contribution in [1.82, 2.24) is 10.2 Å². The number of nitrogens with zero attached hydrogens (tertiary/aromatic N) is 1. The summed E-state index contributed by atoms with van der Waals surface area (Å²) in [5.41, 5.74) is 1.22. The third-order valence-electron chi connectivity index (χ3n) is 4.20. The molecule has 0 bridgehead atoms.